The SMILES string of the molecule is C#CCN(CC#N)C(=O)c1cccc2[nH]ccc12. The van der Waals surface area contributed by atoms with Crippen molar-refractivity contribution in [3.63, 3.8) is 0 Å². The molecule has 1 amide bonds. The summed E-state index contributed by atoms with van der Waals surface area (Å²) in [6, 6.07) is 9.21. The molecule has 1 N–H and O–H groups in total. The Morgan fingerprint density at radius 2 is 2.22 bits per heavy atom. The van der Waals surface area contributed by atoms with E-state index in [0.29, 0.717) is 5.56 Å². The highest BCUT2D eigenvalue weighted by Gasteiger charge is 2.17. The van der Waals surface area contributed by atoms with Crippen LogP contribution in [0.15, 0.2) is 30.5 Å². The predicted octanol–water partition coefficient (Wildman–Crippen LogP) is 1.77. The minimum Gasteiger partial charge on any atom is -0.361 e. The van der Waals surface area contributed by atoms with Crippen LogP contribution in [-0.4, -0.2) is 28.9 Å². The van der Waals surface area contributed by atoms with Gasteiger partial charge in [-0.05, 0) is 18.2 Å². The van der Waals surface area contributed by atoms with Crippen LogP contribution in [-0.2, 0) is 0 Å². The van der Waals surface area contributed by atoms with E-state index in [4.69, 9.17) is 11.7 Å². The van der Waals surface area contributed by atoms with E-state index >= 15 is 0 Å². The Bertz CT molecular complexity index is 641. The molecule has 4 nitrogen and oxygen atoms in total. The van der Waals surface area contributed by atoms with Gasteiger partial charge in [-0.1, -0.05) is 12.0 Å². The van der Waals surface area contributed by atoms with Crippen molar-refractivity contribution >= 4 is 16.8 Å². The highest BCUT2D eigenvalue weighted by atomic mass is 16.2. The van der Waals surface area contributed by atoms with Gasteiger partial charge < -0.3 is 9.88 Å². The average Bonchev–Trinajstić information content (AvgIpc) is 2.85. The number of amides is 1. The molecule has 0 atom stereocenters. The van der Waals surface area contributed by atoms with Crippen LogP contribution in [0.2, 0.25) is 0 Å². The Balaban J connectivity index is 2.41. The summed E-state index contributed by atoms with van der Waals surface area (Å²) in [6.45, 7) is 0.122. The van der Waals surface area contributed by atoms with Gasteiger partial charge in [0.2, 0.25) is 0 Å². The lowest BCUT2D eigenvalue weighted by molar-refractivity contribution is 0.0797. The number of nitriles is 1. The first-order valence-electron chi connectivity index (χ1n) is 5.43. The van der Waals surface area contributed by atoms with E-state index in [-0.39, 0.29) is 19.0 Å². The summed E-state index contributed by atoms with van der Waals surface area (Å²) in [5.74, 6) is 2.17. The monoisotopic (exact) mass is 237 g/mol. The number of fused-ring (bicyclic) bond motifs is 1. The first kappa shape index (κ1) is 11.8. The van der Waals surface area contributed by atoms with Crippen LogP contribution < -0.4 is 0 Å². The first-order valence-corrected chi connectivity index (χ1v) is 5.43. The molecule has 0 bridgehead atoms. The maximum Gasteiger partial charge on any atom is 0.256 e. The summed E-state index contributed by atoms with van der Waals surface area (Å²) in [4.78, 5) is 16.7. The maximum absolute atomic E-state index is 12.3. The van der Waals surface area contributed by atoms with Crippen molar-refractivity contribution in [2.75, 3.05) is 13.1 Å². The third-order valence-electron chi connectivity index (χ3n) is 2.66. The number of hydrogen-bond acceptors (Lipinski definition) is 2. The smallest absolute Gasteiger partial charge is 0.256 e. The van der Waals surface area contributed by atoms with Crippen LogP contribution in [0.3, 0.4) is 0 Å². The fourth-order valence-corrected chi connectivity index (χ4v) is 1.84. The summed E-state index contributed by atoms with van der Waals surface area (Å²) in [7, 11) is 0. The summed E-state index contributed by atoms with van der Waals surface area (Å²) in [6.07, 6.45) is 6.98. The highest BCUT2D eigenvalue weighted by Crippen LogP contribution is 2.18. The van der Waals surface area contributed by atoms with Crippen molar-refractivity contribution in [2.24, 2.45) is 0 Å². The molecule has 0 radical (unpaired) electrons. The van der Waals surface area contributed by atoms with E-state index in [9.17, 15) is 4.79 Å². The summed E-state index contributed by atoms with van der Waals surface area (Å²) in [5, 5.41) is 9.55. The first-order chi connectivity index (χ1) is 8.77. The molecule has 18 heavy (non-hydrogen) atoms. The van der Waals surface area contributed by atoms with Crippen molar-refractivity contribution < 1.29 is 4.79 Å². The second-order valence-electron chi connectivity index (χ2n) is 3.77. The summed E-state index contributed by atoms with van der Waals surface area (Å²) < 4.78 is 0. The van der Waals surface area contributed by atoms with Gasteiger partial charge in [0, 0.05) is 22.7 Å². The van der Waals surface area contributed by atoms with Gasteiger partial charge in [-0.2, -0.15) is 5.26 Å². The highest BCUT2D eigenvalue weighted by molar-refractivity contribution is 6.06. The lowest BCUT2D eigenvalue weighted by Gasteiger charge is -2.16. The zero-order valence-corrected chi connectivity index (χ0v) is 9.68. The Labute approximate surface area is 105 Å². The third kappa shape index (κ3) is 2.05. The summed E-state index contributed by atoms with van der Waals surface area (Å²) >= 11 is 0. The number of carbonyl (C=O) groups is 1. The molecule has 0 aliphatic rings. The zero-order valence-electron chi connectivity index (χ0n) is 9.68. The lowest BCUT2D eigenvalue weighted by Crippen LogP contribution is -2.31. The van der Waals surface area contributed by atoms with Gasteiger partial charge in [0.25, 0.3) is 5.91 Å². The standard InChI is InChI=1S/C14H11N3O/c1-2-9-17(10-7-15)14(18)12-4-3-5-13-11(12)6-8-16-13/h1,3-6,8,16H,9-10H2. The number of nitrogens with one attached hydrogen (secondary N) is 1. The Kier molecular flexibility index (Phi) is 3.31. The van der Waals surface area contributed by atoms with Crippen molar-refractivity contribution in [2.45, 2.75) is 0 Å². The number of benzene rings is 1. The van der Waals surface area contributed by atoms with Crippen molar-refractivity contribution in [1.29, 1.82) is 5.26 Å². The van der Waals surface area contributed by atoms with Crippen molar-refractivity contribution in [1.82, 2.24) is 9.88 Å². The van der Waals surface area contributed by atoms with Gasteiger partial charge in [-0.3, -0.25) is 4.79 Å². The van der Waals surface area contributed by atoms with Gasteiger partial charge in [0.05, 0.1) is 12.6 Å². The van der Waals surface area contributed by atoms with Crippen LogP contribution in [0.1, 0.15) is 10.4 Å². The van der Waals surface area contributed by atoms with Gasteiger partial charge in [-0.15, -0.1) is 6.42 Å². The number of aromatic nitrogens is 1. The molecule has 0 saturated heterocycles. The topological polar surface area (TPSA) is 59.9 Å². The molecule has 0 spiro atoms. The van der Waals surface area contributed by atoms with Gasteiger partial charge in [-0.25, -0.2) is 0 Å². The quantitative estimate of drug-likeness (QED) is 0.653. The molecule has 0 unspecified atom stereocenters. The fraction of sp³-hybridized carbons (Fsp3) is 0.143. The summed E-state index contributed by atoms with van der Waals surface area (Å²) in [5.41, 5.74) is 1.44. The molecule has 0 saturated carbocycles. The van der Waals surface area contributed by atoms with Crippen molar-refractivity contribution in [3.05, 3.63) is 36.0 Å². The van der Waals surface area contributed by atoms with Crippen LogP contribution in [0.4, 0.5) is 0 Å². The van der Waals surface area contributed by atoms with E-state index in [2.05, 4.69) is 10.9 Å². The second-order valence-corrected chi connectivity index (χ2v) is 3.77. The van der Waals surface area contributed by atoms with Gasteiger partial charge >= 0.3 is 0 Å². The van der Waals surface area contributed by atoms with Crippen molar-refractivity contribution in [3.8, 4) is 18.4 Å². The van der Waals surface area contributed by atoms with Crippen LogP contribution in [0.5, 0.6) is 0 Å². The van der Waals surface area contributed by atoms with E-state index < -0.39 is 0 Å². The molecule has 4 heteroatoms. The largest absolute Gasteiger partial charge is 0.361 e. The number of terminal acetylenes is 1. The molecule has 0 fully saturated rings. The van der Waals surface area contributed by atoms with Gasteiger partial charge in [0.1, 0.15) is 6.54 Å². The molecule has 88 valence electrons. The van der Waals surface area contributed by atoms with Crippen LogP contribution in [0, 0.1) is 23.7 Å². The van der Waals surface area contributed by atoms with Crippen LogP contribution >= 0.6 is 0 Å². The lowest BCUT2D eigenvalue weighted by atomic mass is 10.1. The molecule has 1 aromatic carbocycles. The molecule has 1 aromatic heterocycles. The van der Waals surface area contributed by atoms with E-state index in [1.807, 2.05) is 18.2 Å². The zero-order chi connectivity index (χ0) is 13.0. The maximum atomic E-state index is 12.3. The van der Waals surface area contributed by atoms with E-state index in [0.717, 1.165) is 10.9 Å². The Morgan fingerprint density at radius 3 is 2.94 bits per heavy atom. The molecule has 2 rings (SSSR count). The van der Waals surface area contributed by atoms with Gasteiger partial charge in [0.15, 0.2) is 0 Å². The van der Waals surface area contributed by atoms with Crippen LogP contribution in [0.25, 0.3) is 10.9 Å². The molecular formula is C14H11N3O. The number of aromatic amines is 1. The second kappa shape index (κ2) is 5.07. The molecule has 2 aromatic rings. The number of carbonyl (C=O) groups excluding carboxylic acids is 1. The third-order valence-corrected chi connectivity index (χ3v) is 2.66. The number of hydrogen-bond donors (Lipinski definition) is 1. The molecule has 0 aliphatic carbocycles. The normalized spacial score (nSPS) is 9.67. The Hall–Kier alpha value is -2.72. The number of rotatable bonds is 3. The predicted molar refractivity (Wildman–Crippen MR) is 68.6 cm³/mol. The number of nitrogens with zero attached hydrogens (tertiary/aromatic N) is 2. The molecule has 0 aliphatic heterocycles. The van der Waals surface area contributed by atoms with E-state index in [1.54, 1.807) is 18.3 Å². The average molecular weight is 237 g/mol. The Morgan fingerprint density at radius 1 is 1.39 bits per heavy atom. The van der Waals surface area contributed by atoms with E-state index in [1.165, 1.54) is 4.90 Å². The number of H-pyrrole nitrogens is 1. The fourth-order valence-electron chi connectivity index (χ4n) is 1.84. The minimum absolute atomic E-state index is 0.0101. The molecule has 1 heterocycles. The molecular weight excluding hydrogens is 226 g/mol. The minimum atomic E-state index is -0.222.